The standard InChI is InChI=1S/C15H15BrN2O/c1-9-6-7-10(12(16)8-9)14-17-13-5-3-2-4-11(13)15(19)18-14/h6-8H,2-5H2,1H3,(H,17,18,19). The first-order valence-corrected chi connectivity index (χ1v) is 7.33. The predicted octanol–water partition coefficient (Wildman–Crippen LogP) is 3.39. The number of halogens is 1. The van der Waals surface area contributed by atoms with Crippen LogP contribution in [-0.4, -0.2) is 9.97 Å². The average molecular weight is 319 g/mol. The molecule has 1 aliphatic rings. The molecule has 1 N–H and O–H groups in total. The fraction of sp³-hybridized carbons (Fsp3) is 0.333. The van der Waals surface area contributed by atoms with Gasteiger partial charge in [-0.1, -0.05) is 22.0 Å². The molecule has 1 aromatic heterocycles. The van der Waals surface area contributed by atoms with E-state index in [-0.39, 0.29) is 5.56 Å². The third kappa shape index (κ3) is 2.37. The highest BCUT2D eigenvalue weighted by Crippen LogP contribution is 2.27. The summed E-state index contributed by atoms with van der Waals surface area (Å²) in [6.45, 7) is 2.04. The summed E-state index contributed by atoms with van der Waals surface area (Å²) in [4.78, 5) is 19.7. The Balaban J connectivity index is 2.15. The number of hydrogen-bond donors (Lipinski definition) is 1. The van der Waals surface area contributed by atoms with Gasteiger partial charge in [-0.2, -0.15) is 0 Å². The number of rotatable bonds is 1. The van der Waals surface area contributed by atoms with E-state index in [2.05, 4.69) is 25.9 Å². The lowest BCUT2D eigenvalue weighted by Gasteiger charge is -2.15. The van der Waals surface area contributed by atoms with Gasteiger partial charge in [0.2, 0.25) is 0 Å². The van der Waals surface area contributed by atoms with E-state index in [0.717, 1.165) is 47.0 Å². The fourth-order valence-electron chi connectivity index (χ4n) is 2.54. The van der Waals surface area contributed by atoms with Crippen LogP contribution < -0.4 is 5.56 Å². The Labute approximate surface area is 120 Å². The van der Waals surface area contributed by atoms with Crippen molar-refractivity contribution in [1.82, 2.24) is 9.97 Å². The maximum atomic E-state index is 12.1. The Bertz CT molecular complexity index is 691. The van der Waals surface area contributed by atoms with Gasteiger partial charge in [0, 0.05) is 15.6 Å². The average Bonchev–Trinajstić information content (AvgIpc) is 2.38. The maximum Gasteiger partial charge on any atom is 0.254 e. The van der Waals surface area contributed by atoms with Crippen LogP contribution in [0.1, 0.15) is 29.7 Å². The zero-order valence-electron chi connectivity index (χ0n) is 10.8. The summed E-state index contributed by atoms with van der Waals surface area (Å²) in [7, 11) is 0. The minimum absolute atomic E-state index is 0.0205. The van der Waals surface area contributed by atoms with Gasteiger partial charge < -0.3 is 4.98 Å². The number of nitrogens with zero attached hydrogens (tertiary/aromatic N) is 1. The number of H-pyrrole nitrogens is 1. The van der Waals surface area contributed by atoms with E-state index in [0.29, 0.717) is 5.82 Å². The molecule has 0 spiro atoms. The predicted molar refractivity (Wildman–Crippen MR) is 79.4 cm³/mol. The van der Waals surface area contributed by atoms with Crippen molar-refractivity contribution in [2.75, 3.05) is 0 Å². The minimum Gasteiger partial charge on any atom is -0.306 e. The topological polar surface area (TPSA) is 45.8 Å². The Morgan fingerprint density at radius 3 is 2.84 bits per heavy atom. The highest BCUT2D eigenvalue weighted by Gasteiger charge is 2.16. The second kappa shape index (κ2) is 4.93. The van der Waals surface area contributed by atoms with Crippen molar-refractivity contribution in [3.05, 3.63) is 49.8 Å². The summed E-state index contributed by atoms with van der Waals surface area (Å²) < 4.78 is 0.964. The van der Waals surface area contributed by atoms with Crippen molar-refractivity contribution in [2.24, 2.45) is 0 Å². The molecule has 19 heavy (non-hydrogen) atoms. The summed E-state index contributed by atoms with van der Waals surface area (Å²) in [6, 6.07) is 6.06. The number of benzene rings is 1. The molecule has 2 aromatic rings. The van der Waals surface area contributed by atoms with Crippen molar-refractivity contribution in [1.29, 1.82) is 0 Å². The molecule has 0 amide bonds. The molecule has 0 radical (unpaired) electrons. The van der Waals surface area contributed by atoms with Gasteiger partial charge >= 0.3 is 0 Å². The zero-order valence-corrected chi connectivity index (χ0v) is 12.4. The summed E-state index contributed by atoms with van der Waals surface area (Å²) >= 11 is 3.54. The van der Waals surface area contributed by atoms with Crippen LogP contribution in [0, 0.1) is 6.92 Å². The van der Waals surface area contributed by atoms with Gasteiger partial charge in [-0.05, 0) is 50.3 Å². The first-order valence-electron chi connectivity index (χ1n) is 6.54. The van der Waals surface area contributed by atoms with Gasteiger partial charge in [-0.3, -0.25) is 4.79 Å². The van der Waals surface area contributed by atoms with Crippen molar-refractivity contribution in [3.8, 4) is 11.4 Å². The number of aryl methyl sites for hydroxylation is 2. The van der Waals surface area contributed by atoms with Crippen LogP contribution in [0.4, 0.5) is 0 Å². The zero-order chi connectivity index (χ0) is 13.4. The molecule has 0 saturated heterocycles. The largest absolute Gasteiger partial charge is 0.306 e. The van der Waals surface area contributed by atoms with Crippen LogP contribution >= 0.6 is 15.9 Å². The van der Waals surface area contributed by atoms with Gasteiger partial charge in [0.1, 0.15) is 5.82 Å². The van der Waals surface area contributed by atoms with E-state index in [4.69, 9.17) is 0 Å². The molecule has 3 nitrogen and oxygen atoms in total. The number of aromatic nitrogens is 2. The normalized spacial score (nSPS) is 14.2. The van der Waals surface area contributed by atoms with Gasteiger partial charge in [0.05, 0.1) is 5.69 Å². The summed E-state index contributed by atoms with van der Waals surface area (Å²) in [5.41, 5.74) is 3.98. The molecule has 0 atom stereocenters. The molecule has 3 rings (SSSR count). The first-order chi connectivity index (χ1) is 9.15. The Morgan fingerprint density at radius 2 is 2.05 bits per heavy atom. The number of fused-ring (bicyclic) bond motifs is 1. The van der Waals surface area contributed by atoms with E-state index in [9.17, 15) is 4.79 Å². The molecule has 1 aliphatic carbocycles. The lowest BCUT2D eigenvalue weighted by molar-refractivity contribution is 0.657. The number of hydrogen-bond acceptors (Lipinski definition) is 2. The minimum atomic E-state index is 0.0205. The molecule has 1 aromatic carbocycles. The Morgan fingerprint density at radius 1 is 1.26 bits per heavy atom. The molecule has 0 aliphatic heterocycles. The van der Waals surface area contributed by atoms with Crippen molar-refractivity contribution >= 4 is 15.9 Å². The number of aromatic amines is 1. The second-order valence-electron chi connectivity index (χ2n) is 5.03. The van der Waals surface area contributed by atoms with E-state index in [1.165, 1.54) is 5.56 Å². The lowest BCUT2D eigenvalue weighted by Crippen LogP contribution is -2.21. The van der Waals surface area contributed by atoms with E-state index >= 15 is 0 Å². The van der Waals surface area contributed by atoms with Crippen LogP contribution in [0.25, 0.3) is 11.4 Å². The summed E-state index contributed by atoms with van der Waals surface area (Å²) in [6.07, 6.45) is 3.98. The summed E-state index contributed by atoms with van der Waals surface area (Å²) in [5, 5.41) is 0. The fourth-order valence-corrected chi connectivity index (χ4v) is 3.22. The second-order valence-corrected chi connectivity index (χ2v) is 5.88. The molecule has 0 bridgehead atoms. The molecule has 0 saturated carbocycles. The third-order valence-electron chi connectivity index (χ3n) is 3.57. The molecular weight excluding hydrogens is 304 g/mol. The van der Waals surface area contributed by atoms with Crippen LogP contribution in [0.5, 0.6) is 0 Å². The molecular formula is C15H15BrN2O. The molecule has 1 heterocycles. The molecule has 0 fully saturated rings. The third-order valence-corrected chi connectivity index (χ3v) is 4.23. The van der Waals surface area contributed by atoms with E-state index in [1.807, 2.05) is 25.1 Å². The van der Waals surface area contributed by atoms with Gasteiger partial charge in [-0.25, -0.2) is 4.98 Å². The van der Waals surface area contributed by atoms with Crippen molar-refractivity contribution < 1.29 is 0 Å². The monoisotopic (exact) mass is 318 g/mol. The van der Waals surface area contributed by atoms with Gasteiger partial charge in [0.25, 0.3) is 5.56 Å². The van der Waals surface area contributed by atoms with Crippen LogP contribution in [0.3, 0.4) is 0 Å². The van der Waals surface area contributed by atoms with Gasteiger partial charge in [-0.15, -0.1) is 0 Å². The first kappa shape index (κ1) is 12.6. The molecule has 0 unspecified atom stereocenters. The van der Waals surface area contributed by atoms with E-state index < -0.39 is 0 Å². The lowest BCUT2D eigenvalue weighted by atomic mass is 9.97. The summed E-state index contributed by atoms with van der Waals surface area (Å²) in [5.74, 6) is 0.664. The van der Waals surface area contributed by atoms with Crippen molar-refractivity contribution in [3.63, 3.8) is 0 Å². The quantitative estimate of drug-likeness (QED) is 0.876. The SMILES string of the molecule is Cc1ccc(-c2nc3c(c(=O)[nH]2)CCCC3)c(Br)c1. The van der Waals surface area contributed by atoms with Crippen molar-refractivity contribution in [2.45, 2.75) is 32.6 Å². The van der Waals surface area contributed by atoms with Crippen LogP contribution in [-0.2, 0) is 12.8 Å². The van der Waals surface area contributed by atoms with E-state index in [1.54, 1.807) is 0 Å². The maximum absolute atomic E-state index is 12.1. The highest BCUT2D eigenvalue weighted by molar-refractivity contribution is 9.10. The van der Waals surface area contributed by atoms with Crippen LogP contribution in [0.15, 0.2) is 27.5 Å². The van der Waals surface area contributed by atoms with Gasteiger partial charge in [0.15, 0.2) is 0 Å². The molecule has 4 heteroatoms. The van der Waals surface area contributed by atoms with Crippen LogP contribution in [0.2, 0.25) is 0 Å². The smallest absolute Gasteiger partial charge is 0.254 e. The number of nitrogens with one attached hydrogen (secondary N) is 1. The Hall–Kier alpha value is -1.42. The molecule has 98 valence electrons. The highest BCUT2D eigenvalue weighted by atomic mass is 79.9. The Kier molecular flexibility index (Phi) is 3.27.